The number of likely N-dealkylation sites (tertiary alicyclic amines) is 1. The smallest absolute Gasteiger partial charge is 0.253 e. The summed E-state index contributed by atoms with van der Waals surface area (Å²) in [7, 11) is 0. The van der Waals surface area contributed by atoms with Gasteiger partial charge in [-0.25, -0.2) is 0 Å². The molecule has 2 amide bonds. The van der Waals surface area contributed by atoms with Gasteiger partial charge in [-0.2, -0.15) is 5.26 Å². The van der Waals surface area contributed by atoms with Crippen molar-refractivity contribution in [2.24, 2.45) is 27.8 Å². The third-order valence-corrected chi connectivity index (χ3v) is 7.90. The van der Waals surface area contributed by atoms with Crippen molar-refractivity contribution in [2.45, 2.75) is 70.4 Å². The maximum Gasteiger partial charge on any atom is 0.253 e. The Kier molecular flexibility index (Phi) is 7.88. The first-order valence-corrected chi connectivity index (χ1v) is 13.1. The van der Waals surface area contributed by atoms with E-state index in [9.17, 15) is 14.9 Å². The Bertz CT molecular complexity index is 1100. The summed E-state index contributed by atoms with van der Waals surface area (Å²) >= 11 is 0. The quantitative estimate of drug-likeness (QED) is 0.266. The highest BCUT2D eigenvalue weighted by Gasteiger charge is 2.46. The average molecular weight is 507 g/mol. The van der Waals surface area contributed by atoms with Crippen LogP contribution in [-0.4, -0.2) is 53.8 Å². The molecule has 1 aliphatic heterocycles. The fourth-order valence-corrected chi connectivity index (χ4v) is 5.45. The van der Waals surface area contributed by atoms with Crippen LogP contribution in [-0.2, 0) is 9.59 Å². The predicted molar refractivity (Wildman–Crippen MR) is 141 cm³/mol. The molecule has 0 unspecified atom stereocenters. The van der Waals surface area contributed by atoms with Crippen LogP contribution in [0.4, 0.5) is 0 Å². The van der Waals surface area contributed by atoms with E-state index >= 15 is 0 Å². The van der Waals surface area contributed by atoms with Crippen molar-refractivity contribution in [3.8, 4) is 11.8 Å². The fourth-order valence-electron chi connectivity index (χ4n) is 5.45. The number of nitrogens with zero attached hydrogens (tertiary/aromatic N) is 3. The molecule has 3 fully saturated rings. The molecule has 9 heteroatoms. The Labute approximate surface area is 218 Å². The van der Waals surface area contributed by atoms with Gasteiger partial charge in [-0.3, -0.25) is 19.5 Å². The standard InChI is InChI=1S/C28H38N6O3/c1-19-3-7-22(8-4-19)37-27(2)17-34(18-27)21-9-11-28(12-10-21,13-14-29)16-32-25(23(15-30)24(31)35)33-26(36)20-5-6-20/h3-4,7-8,15,20-21H,5-6,9-13,16-18,30H2,1-2H3,(H2,31,35)(H,32,33,36)/b23-15-/t21-,28-. The second-order valence-electron chi connectivity index (χ2n) is 11.2. The van der Waals surface area contributed by atoms with Gasteiger partial charge in [0.25, 0.3) is 5.91 Å². The summed E-state index contributed by atoms with van der Waals surface area (Å²) in [6.45, 7) is 6.28. The summed E-state index contributed by atoms with van der Waals surface area (Å²) in [6, 6.07) is 10.9. The van der Waals surface area contributed by atoms with Gasteiger partial charge >= 0.3 is 0 Å². The van der Waals surface area contributed by atoms with Crippen LogP contribution < -0.4 is 21.5 Å². The Hall–Kier alpha value is -3.38. The third-order valence-electron chi connectivity index (χ3n) is 7.90. The van der Waals surface area contributed by atoms with Gasteiger partial charge in [-0.15, -0.1) is 0 Å². The lowest BCUT2D eigenvalue weighted by Crippen LogP contribution is -2.66. The molecule has 9 nitrogen and oxygen atoms in total. The highest BCUT2D eigenvalue weighted by atomic mass is 16.5. The second kappa shape index (κ2) is 10.9. The molecule has 0 spiro atoms. The number of nitriles is 1. The Morgan fingerprint density at radius 2 is 1.86 bits per heavy atom. The zero-order chi connectivity index (χ0) is 26.6. The lowest BCUT2D eigenvalue weighted by molar-refractivity contribution is -0.120. The van der Waals surface area contributed by atoms with Gasteiger partial charge in [0.2, 0.25) is 5.91 Å². The summed E-state index contributed by atoms with van der Waals surface area (Å²) in [4.78, 5) is 31.4. The number of rotatable bonds is 9. The Morgan fingerprint density at radius 3 is 2.41 bits per heavy atom. The Morgan fingerprint density at radius 1 is 1.22 bits per heavy atom. The molecule has 0 bridgehead atoms. The van der Waals surface area contributed by atoms with E-state index < -0.39 is 5.91 Å². The maximum atomic E-state index is 12.4. The van der Waals surface area contributed by atoms with Gasteiger partial charge in [0.05, 0.1) is 11.6 Å². The summed E-state index contributed by atoms with van der Waals surface area (Å²) < 4.78 is 6.27. The average Bonchev–Trinajstić information content (AvgIpc) is 3.69. The Balaban J connectivity index is 1.36. The van der Waals surface area contributed by atoms with Gasteiger partial charge < -0.3 is 21.5 Å². The lowest BCUT2D eigenvalue weighted by atomic mass is 9.69. The first kappa shape index (κ1) is 26.7. The topological polar surface area (TPSA) is 147 Å². The van der Waals surface area contributed by atoms with Crippen molar-refractivity contribution in [1.82, 2.24) is 10.2 Å². The molecule has 0 radical (unpaired) electrons. The number of carbonyl (C=O) groups is 2. The van der Waals surface area contributed by atoms with E-state index in [1.54, 1.807) is 0 Å². The first-order valence-electron chi connectivity index (χ1n) is 13.1. The molecule has 3 aliphatic rings. The van der Waals surface area contributed by atoms with E-state index in [2.05, 4.69) is 47.3 Å². The van der Waals surface area contributed by atoms with Gasteiger partial charge in [0, 0.05) is 49.6 Å². The van der Waals surface area contributed by atoms with E-state index in [4.69, 9.17) is 16.2 Å². The number of benzene rings is 1. The van der Waals surface area contributed by atoms with E-state index in [0.29, 0.717) is 19.0 Å². The molecule has 2 saturated carbocycles. The highest BCUT2D eigenvalue weighted by Crippen LogP contribution is 2.43. The third kappa shape index (κ3) is 6.50. The minimum Gasteiger partial charge on any atom is -0.485 e. The molecule has 37 heavy (non-hydrogen) atoms. The number of primary amides is 1. The van der Waals surface area contributed by atoms with E-state index in [-0.39, 0.29) is 34.2 Å². The van der Waals surface area contributed by atoms with Crippen molar-refractivity contribution in [3.05, 3.63) is 41.6 Å². The van der Waals surface area contributed by atoms with E-state index in [1.165, 1.54) is 5.56 Å². The summed E-state index contributed by atoms with van der Waals surface area (Å²) in [6.07, 6.45) is 6.67. The first-order chi connectivity index (χ1) is 17.7. The van der Waals surface area contributed by atoms with Crippen molar-refractivity contribution >= 4 is 17.6 Å². The number of hydrogen-bond acceptors (Lipinski definition) is 7. The number of nitrogens with two attached hydrogens (primary N) is 2. The molecule has 5 N–H and O–H groups in total. The number of amidine groups is 1. The molecule has 198 valence electrons. The number of hydrogen-bond donors (Lipinski definition) is 3. The van der Waals surface area contributed by atoms with Gasteiger partial charge in [0.1, 0.15) is 17.2 Å². The number of ether oxygens (including phenoxy) is 1. The molecule has 0 aromatic heterocycles. The molecular weight excluding hydrogens is 468 g/mol. The number of carbonyl (C=O) groups excluding carboxylic acids is 2. The van der Waals surface area contributed by atoms with Crippen molar-refractivity contribution < 1.29 is 14.3 Å². The lowest BCUT2D eigenvalue weighted by Gasteiger charge is -2.53. The van der Waals surface area contributed by atoms with Crippen LogP contribution in [0.5, 0.6) is 5.75 Å². The predicted octanol–water partition coefficient (Wildman–Crippen LogP) is 2.54. The SMILES string of the molecule is Cc1ccc(OC2(C)CN([C@H]3CC[C@](CC#N)(C/N=C(NC(=O)C4CC4)\C(=C/N)C(N)=O)CC3)C2)cc1. The van der Waals surface area contributed by atoms with Crippen LogP contribution in [0.2, 0.25) is 0 Å². The minimum atomic E-state index is -0.746. The van der Waals surface area contributed by atoms with Crippen molar-refractivity contribution in [1.29, 1.82) is 5.26 Å². The van der Waals surface area contributed by atoms with E-state index in [1.807, 2.05) is 12.1 Å². The number of amides is 2. The van der Waals surface area contributed by atoms with Crippen LogP contribution in [0.1, 0.15) is 57.4 Å². The summed E-state index contributed by atoms with van der Waals surface area (Å²) in [5, 5.41) is 12.3. The normalized spacial score (nSPS) is 26.0. The van der Waals surface area contributed by atoms with Crippen LogP contribution >= 0.6 is 0 Å². The van der Waals surface area contributed by atoms with Crippen LogP contribution in [0, 0.1) is 29.6 Å². The molecule has 1 saturated heterocycles. The van der Waals surface area contributed by atoms with Crippen LogP contribution in [0.15, 0.2) is 41.0 Å². The molecule has 1 aromatic rings. The number of aliphatic imine (C=N–C) groups is 1. The minimum absolute atomic E-state index is 0.0109. The van der Waals surface area contributed by atoms with Crippen molar-refractivity contribution in [2.75, 3.05) is 19.6 Å². The maximum absolute atomic E-state index is 12.4. The molecular formula is C28H38N6O3. The second-order valence-corrected chi connectivity index (χ2v) is 11.2. The molecule has 0 atom stereocenters. The number of nitrogens with one attached hydrogen (secondary N) is 1. The molecule has 1 heterocycles. The van der Waals surface area contributed by atoms with E-state index in [0.717, 1.165) is 63.6 Å². The zero-order valence-electron chi connectivity index (χ0n) is 21.8. The van der Waals surface area contributed by atoms with Crippen LogP contribution in [0.3, 0.4) is 0 Å². The van der Waals surface area contributed by atoms with Crippen LogP contribution in [0.25, 0.3) is 0 Å². The monoisotopic (exact) mass is 506 g/mol. The molecule has 1 aromatic carbocycles. The number of aryl methyl sites for hydroxylation is 1. The van der Waals surface area contributed by atoms with Gasteiger partial charge in [-0.05, 0) is 64.5 Å². The fraction of sp³-hybridized carbons (Fsp3) is 0.571. The van der Waals surface area contributed by atoms with Gasteiger partial charge in [-0.1, -0.05) is 17.7 Å². The van der Waals surface area contributed by atoms with Crippen molar-refractivity contribution in [3.63, 3.8) is 0 Å². The molecule has 2 aliphatic carbocycles. The summed E-state index contributed by atoms with van der Waals surface area (Å²) in [5.41, 5.74) is 11.8. The highest BCUT2D eigenvalue weighted by molar-refractivity contribution is 6.23. The zero-order valence-corrected chi connectivity index (χ0v) is 21.8. The molecule has 4 rings (SSSR count). The largest absolute Gasteiger partial charge is 0.485 e. The van der Waals surface area contributed by atoms with Gasteiger partial charge in [0.15, 0.2) is 0 Å². The summed E-state index contributed by atoms with van der Waals surface area (Å²) in [5.74, 6) is 0.0276.